The molecule has 0 bridgehead atoms. The quantitative estimate of drug-likeness (QED) is 0.762. The highest BCUT2D eigenvalue weighted by Crippen LogP contribution is 2.33. The molecule has 1 aliphatic carbocycles. The van der Waals surface area contributed by atoms with Gasteiger partial charge in [0.25, 0.3) is 5.91 Å². The van der Waals surface area contributed by atoms with Gasteiger partial charge in [0.05, 0.1) is 17.3 Å². The van der Waals surface area contributed by atoms with Crippen LogP contribution < -0.4 is 21.1 Å². The molecular weight excluding hydrogens is 342 g/mol. The van der Waals surface area contributed by atoms with Crippen LogP contribution in [0.4, 0.5) is 5.69 Å². The Morgan fingerprint density at radius 1 is 1.44 bits per heavy atom. The van der Waals surface area contributed by atoms with E-state index >= 15 is 0 Å². The monoisotopic (exact) mass is 367 g/mol. The third kappa shape index (κ3) is 3.90. The van der Waals surface area contributed by atoms with Crippen LogP contribution in [-0.2, 0) is 9.59 Å². The number of benzene rings is 1. The van der Waals surface area contributed by atoms with E-state index in [2.05, 4.69) is 10.6 Å². The summed E-state index contributed by atoms with van der Waals surface area (Å²) in [6.07, 6.45) is 3.62. The zero-order chi connectivity index (χ0) is 17.3. The zero-order valence-corrected chi connectivity index (χ0v) is 15.4. The minimum absolute atomic E-state index is 0. The molecule has 0 radical (unpaired) electrons. The molecule has 0 saturated heterocycles. The number of halogens is 1. The number of hydrogen-bond acceptors (Lipinski definition) is 4. The molecule has 7 heteroatoms. The van der Waals surface area contributed by atoms with E-state index in [0.29, 0.717) is 17.9 Å². The summed E-state index contributed by atoms with van der Waals surface area (Å²) in [7, 11) is 0. The maximum Gasteiger partial charge on any atom is 0.265 e. The highest BCUT2D eigenvalue weighted by Gasteiger charge is 2.37. The van der Waals surface area contributed by atoms with Crippen LogP contribution in [0.15, 0.2) is 18.2 Å². The molecule has 1 heterocycles. The van der Waals surface area contributed by atoms with Crippen LogP contribution in [0.5, 0.6) is 5.75 Å². The van der Waals surface area contributed by atoms with Gasteiger partial charge in [-0.05, 0) is 43.9 Å². The van der Waals surface area contributed by atoms with Gasteiger partial charge in [0.2, 0.25) is 5.91 Å². The number of carbonyl (C=O) groups is 2. The smallest absolute Gasteiger partial charge is 0.265 e. The number of nitrogens with one attached hydrogen (secondary N) is 2. The van der Waals surface area contributed by atoms with E-state index in [1.807, 2.05) is 32.0 Å². The summed E-state index contributed by atoms with van der Waals surface area (Å²) >= 11 is 0. The van der Waals surface area contributed by atoms with E-state index in [0.717, 1.165) is 31.2 Å². The van der Waals surface area contributed by atoms with Gasteiger partial charge in [-0.15, -0.1) is 12.4 Å². The summed E-state index contributed by atoms with van der Waals surface area (Å²) in [5.41, 5.74) is 7.06. The summed E-state index contributed by atoms with van der Waals surface area (Å²) in [5, 5.41) is 5.86. The lowest BCUT2D eigenvalue weighted by Crippen LogP contribution is -2.52. The van der Waals surface area contributed by atoms with Crippen LogP contribution in [0.25, 0.3) is 0 Å². The van der Waals surface area contributed by atoms with E-state index in [1.165, 1.54) is 0 Å². The number of ether oxygens (including phenoxy) is 1. The van der Waals surface area contributed by atoms with Crippen LogP contribution in [0, 0.1) is 0 Å². The van der Waals surface area contributed by atoms with Gasteiger partial charge in [-0.2, -0.15) is 0 Å². The summed E-state index contributed by atoms with van der Waals surface area (Å²) in [6.45, 7) is 3.83. The van der Waals surface area contributed by atoms with Crippen molar-refractivity contribution in [2.75, 3.05) is 5.32 Å². The fourth-order valence-corrected chi connectivity index (χ4v) is 3.35. The molecule has 1 fully saturated rings. The lowest BCUT2D eigenvalue weighted by atomic mass is 9.97. The van der Waals surface area contributed by atoms with Gasteiger partial charge in [0.15, 0.2) is 6.10 Å². The molecule has 2 amide bonds. The van der Waals surface area contributed by atoms with Crippen molar-refractivity contribution in [3.63, 3.8) is 0 Å². The third-order valence-corrected chi connectivity index (χ3v) is 4.99. The molecule has 2 aliphatic rings. The average Bonchev–Trinajstić information content (AvgIpc) is 3.01. The standard InChI is InChI=1S/C18H25N3O3.ClH/c1-3-14-16(22)21-13-7-6-12(10-15(13)24-14)11(2)20-17(23)18(19)8-4-5-9-18;/h6-7,10-11,14H,3-5,8-9,19H2,1-2H3,(H,20,23)(H,21,22);1H. The van der Waals surface area contributed by atoms with Crippen molar-refractivity contribution in [2.45, 2.75) is 63.6 Å². The molecule has 1 aromatic carbocycles. The van der Waals surface area contributed by atoms with E-state index in [1.54, 1.807) is 0 Å². The minimum atomic E-state index is -0.736. The van der Waals surface area contributed by atoms with Gasteiger partial charge in [-0.3, -0.25) is 9.59 Å². The highest BCUT2D eigenvalue weighted by molar-refractivity contribution is 5.97. The van der Waals surface area contributed by atoms with Crippen molar-refractivity contribution in [1.29, 1.82) is 0 Å². The number of rotatable bonds is 4. The molecular formula is C18H26ClN3O3. The molecule has 25 heavy (non-hydrogen) atoms. The van der Waals surface area contributed by atoms with Crippen molar-refractivity contribution in [3.8, 4) is 5.75 Å². The van der Waals surface area contributed by atoms with Crippen molar-refractivity contribution in [2.24, 2.45) is 5.73 Å². The maximum atomic E-state index is 12.5. The number of amides is 2. The molecule has 6 nitrogen and oxygen atoms in total. The largest absolute Gasteiger partial charge is 0.478 e. The Balaban J connectivity index is 0.00000225. The van der Waals surface area contributed by atoms with Crippen molar-refractivity contribution in [1.82, 2.24) is 5.32 Å². The molecule has 3 rings (SSSR count). The molecule has 4 N–H and O–H groups in total. The predicted octanol–water partition coefficient (Wildman–Crippen LogP) is 2.67. The van der Waals surface area contributed by atoms with Gasteiger partial charge < -0.3 is 21.1 Å². The third-order valence-electron chi connectivity index (χ3n) is 4.99. The topological polar surface area (TPSA) is 93.4 Å². The fourth-order valence-electron chi connectivity index (χ4n) is 3.35. The number of carbonyl (C=O) groups excluding carboxylic acids is 2. The number of anilines is 1. The highest BCUT2D eigenvalue weighted by atomic mass is 35.5. The van der Waals surface area contributed by atoms with E-state index < -0.39 is 11.6 Å². The van der Waals surface area contributed by atoms with E-state index in [4.69, 9.17) is 10.5 Å². The van der Waals surface area contributed by atoms with Gasteiger partial charge in [0, 0.05) is 0 Å². The molecule has 0 aromatic heterocycles. The van der Waals surface area contributed by atoms with E-state index in [9.17, 15) is 9.59 Å². The van der Waals surface area contributed by atoms with Gasteiger partial charge in [-0.25, -0.2) is 0 Å². The number of fused-ring (bicyclic) bond motifs is 1. The molecule has 2 atom stereocenters. The molecule has 1 aromatic rings. The van der Waals surface area contributed by atoms with Crippen molar-refractivity contribution in [3.05, 3.63) is 23.8 Å². The maximum absolute atomic E-state index is 12.5. The van der Waals surface area contributed by atoms with Gasteiger partial charge >= 0.3 is 0 Å². The van der Waals surface area contributed by atoms with Crippen LogP contribution in [0.1, 0.15) is 57.6 Å². The molecule has 138 valence electrons. The van der Waals surface area contributed by atoms with Crippen LogP contribution in [-0.4, -0.2) is 23.5 Å². The Bertz CT molecular complexity index is 659. The predicted molar refractivity (Wildman–Crippen MR) is 99.0 cm³/mol. The summed E-state index contributed by atoms with van der Waals surface area (Å²) in [6, 6.07) is 5.40. The first-order valence-corrected chi connectivity index (χ1v) is 8.64. The Morgan fingerprint density at radius 2 is 2.12 bits per heavy atom. The first-order chi connectivity index (χ1) is 11.4. The molecule has 0 spiro atoms. The SMILES string of the molecule is CCC1Oc2cc(C(C)NC(=O)C3(N)CCCC3)ccc2NC1=O.Cl. The lowest BCUT2D eigenvalue weighted by molar-refractivity contribution is -0.126. The first kappa shape index (κ1) is 19.5. The lowest BCUT2D eigenvalue weighted by Gasteiger charge is -2.28. The first-order valence-electron chi connectivity index (χ1n) is 8.64. The van der Waals surface area contributed by atoms with Gasteiger partial charge in [0.1, 0.15) is 5.75 Å². The Morgan fingerprint density at radius 3 is 2.76 bits per heavy atom. The summed E-state index contributed by atoms with van der Waals surface area (Å²) in [5.74, 6) is 0.430. The van der Waals surface area contributed by atoms with E-state index in [-0.39, 0.29) is 30.3 Å². The van der Waals surface area contributed by atoms with Gasteiger partial charge in [-0.1, -0.05) is 25.8 Å². The molecule has 2 unspecified atom stereocenters. The minimum Gasteiger partial charge on any atom is -0.478 e. The number of nitrogens with two attached hydrogens (primary N) is 1. The Kier molecular flexibility index (Phi) is 5.95. The molecule has 1 aliphatic heterocycles. The fraction of sp³-hybridized carbons (Fsp3) is 0.556. The second-order valence-electron chi connectivity index (χ2n) is 6.82. The second kappa shape index (κ2) is 7.62. The second-order valence-corrected chi connectivity index (χ2v) is 6.82. The van der Waals surface area contributed by atoms with Crippen LogP contribution >= 0.6 is 12.4 Å². The summed E-state index contributed by atoms with van der Waals surface area (Å²) in [4.78, 5) is 24.3. The molecule has 1 saturated carbocycles. The van der Waals surface area contributed by atoms with Crippen LogP contribution in [0.2, 0.25) is 0 Å². The average molecular weight is 368 g/mol. The number of hydrogen-bond donors (Lipinski definition) is 3. The Hall–Kier alpha value is -1.79. The Labute approximate surface area is 154 Å². The van der Waals surface area contributed by atoms with Crippen LogP contribution in [0.3, 0.4) is 0 Å². The summed E-state index contributed by atoms with van der Waals surface area (Å²) < 4.78 is 5.76. The normalized spacial score (nSPS) is 22.0. The van der Waals surface area contributed by atoms with Crippen molar-refractivity contribution < 1.29 is 14.3 Å². The van der Waals surface area contributed by atoms with Crippen molar-refractivity contribution >= 4 is 29.9 Å². The zero-order valence-electron chi connectivity index (χ0n) is 14.6.